The highest BCUT2D eigenvalue weighted by Gasteiger charge is 2.21. The van der Waals surface area contributed by atoms with Gasteiger partial charge in [-0.15, -0.1) is 0 Å². The summed E-state index contributed by atoms with van der Waals surface area (Å²) >= 11 is 0. The third-order valence-electron chi connectivity index (χ3n) is 1.98. The number of carbonyl (C=O) groups is 1. The summed E-state index contributed by atoms with van der Waals surface area (Å²) in [5, 5.41) is 9.23. The van der Waals surface area contributed by atoms with Gasteiger partial charge in [0, 0.05) is 17.0 Å². The number of anilines is 1. The second-order valence-electron chi connectivity index (χ2n) is 6.16. The van der Waals surface area contributed by atoms with E-state index in [1.165, 1.54) is 0 Å². The van der Waals surface area contributed by atoms with Crippen LogP contribution in [0.3, 0.4) is 0 Å². The van der Waals surface area contributed by atoms with Gasteiger partial charge in [0.15, 0.2) is 5.82 Å². The molecule has 2 N–H and O–H groups in total. The van der Waals surface area contributed by atoms with Crippen LogP contribution in [0.15, 0.2) is 10.6 Å². The summed E-state index contributed by atoms with van der Waals surface area (Å²) < 4.78 is 5.17. The van der Waals surface area contributed by atoms with Gasteiger partial charge < -0.3 is 9.84 Å². The molecule has 0 unspecified atom stereocenters. The van der Waals surface area contributed by atoms with E-state index in [9.17, 15) is 4.79 Å². The minimum Gasteiger partial charge on any atom is -0.359 e. The van der Waals surface area contributed by atoms with Crippen LogP contribution in [-0.2, 0) is 5.41 Å². The van der Waals surface area contributed by atoms with Crippen LogP contribution in [0.4, 0.5) is 10.6 Å². The summed E-state index contributed by atoms with van der Waals surface area (Å²) in [5.41, 5.74) is -0.395. The Kier molecular flexibility index (Phi) is 3.50. The highest BCUT2D eigenvalue weighted by molar-refractivity contribution is 5.88. The second-order valence-corrected chi connectivity index (χ2v) is 6.16. The van der Waals surface area contributed by atoms with Crippen LogP contribution in [-0.4, -0.2) is 16.7 Å². The maximum absolute atomic E-state index is 11.6. The van der Waals surface area contributed by atoms with E-state index in [0.29, 0.717) is 5.82 Å². The van der Waals surface area contributed by atoms with E-state index in [1.807, 2.05) is 41.5 Å². The van der Waals surface area contributed by atoms with E-state index in [0.717, 1.165) is 5.76 Å². The maximum Gasteiger partial charge on any atom is 0.320 e. The normalized spacial score (nSPS) is 12.4. The van der Waals surface area contributed by atoms with Crippen LogP contribution in [0.25, 0.3) is 0 Å². The molecule has 1 rings (SSSR count). The van der Waals surface area contributed by atoms with Crippen LogP contribution < -0.4 is 10.6 Å². The van der Waals surface area contributed by atoms with Crippen molar-refractivity contribution in [1.29, 1.82) is 0 Å². The first-order chi connectivity index (χ1) is 7.58. The van der Waals surface area contributed by atoms with Crippen LogP contribution in [0.2, 0.25) is 0 Å². The molecule has 5 heteroatoms. The molecule has 1 heterocycles. The van der Waals surface area contributed by atoms with Gasteiger partial charge in [-0.2, -0.15) is 0 Å². The number of hydrogen-bond donors (Lipinski definition) is 2. The molecule has 0 bridgehead atoms. The van der Waals surface area contributed by atoms with E-state index < -0.39 is 0 Å². The van der Waals surface area contributed by atoms with Gasteiger partial charge in [-0.25, -0.2) is 4.79 Å². The lowest BCUT2D eigenvalue weighted by molar-refractivity contribution is 0.243. The molecule has 17 heavy (non-hydrogen) atoms. The summed E-state index contributed by atoms with van der Waals surface area (Å²) in [5.74, 6) is 1.17. The molecule has 0 saturated heterocycles. The molecule has 0 fully saturated rings. The minimum atomic E-state index is -0.286. The van der Waals surface area contributed by atoms with E-state index in [1.54, 1.807) is 6.07 Å². The Balaban J connectivity index is 2.65. The van der Waals surface area contributed by atoms with Gasteiger partial charge in [0.1, 0.15) is 5.76 Å². The predicted molar refractivity (Wildman–Crippen MR) is 67.1 cm³/mol. The van der Waals surface area contributed by atoms with Crippen molar-refractivity contribution >= 4 is 11.8 Å². The number of carbonyl (C=O) groups excluding carboxylic acids is 1. The molecule has 1 aromatic heterocycles. The number of rotatable bonds is 1. The highest BCUT2D eigenvalue weighted by Crippen LogP contribution is 2.24. The summed E-state index contributed by atoms with van der Waals surface area (Å²) in [4.78, 5) is 11.6. The van der Waals surface area contributed by atoms with Crippen LogP contribution in [0, 0.1) is 0 Å². The van der Waals surface area contributed by atoms with Crippen molar-refractivity contribution in [3.05, 3.63) is 11.8 Å². The van der Waals surface area contributed by atoms with E-state index in [4.69, 9.17) is 4.52 Å². The molecule has 5 nitrogen and oxygen atoms in total. The number of aromatic nitrogens is 1. The fraction of sp³-hybridized carbons (Fsp3) is 0.667. The quantitative estimate of drug-likeness (QED) is 0.791. The van der Waals surface area contributed by atoms with Crippen molar-refractivity contribution < 1.29 is 9.32 Å². The van der Waals surface area contributed by atoms with Crippen LogP contribution in [0.1, 0.15) is 47.3 Å². The standard InChI is InChI=1S/C12H21N3O2/c1-11(2,3)8-7-9(15-17-8)13-10(16)14-12(4,5)6/h7H,1-6H3,(H2,13,14,15,16). The van der Waals surface area contributed by atoms with Gasteiger partial charge in [-0.3, -0.25) is 5.32 Å². The molecule has 0 aromatic carbocycles. The van der Waals surface area contributed by atoms with Crippen molar-refractivity contribution in [1.82, 2.24) is 10.5 Å². The number of urea groups is 1. The summed E-state index contributed by atoms with van der Waals surface area (Å²) in [6.45, 7) is 11.8. The predicted octanol–water partition coefficient (Wildman–Crippen LogP) is 2.89. The Morgan fingerprint density at radius 1 is 1.24 bits per heavy atom. The largest absolute Gasteiger partial charge is 0.359 e. The first-order valence-corrected chi connectivity index (χ1v) is 5.64. The fourth-order valence-corrected chi connectivity index (χ4v) is 1.18. The third kappa shape index (κ3) is 4.46. The van der Waals surface area contributed by atoms with E-state index in [2.05, 4.69) is 15.8 Å². The van der Waals surface area contributed by atoms with Crippen molar-refractivity contribution in [3.8, 4) is 0 Å². The Morgan fingerprint density at radius 3 is 2.24 bits per heavy atom. The van der Waals surface area contributed by atoms with Crippen LogP contribution >= 0.6 is 0 Å². The number of nitrogens with one attached hydrogen (secondary N) is 2. The smallest absolute Gasteiger partial charge is 0.320 e. The Labute approximate surface area is 102 Å². The highest BCUT2D eigenvalue weighted by atomic mass is 16.5. The number of amides is 2. The van der Waals surface area contributed by atoms with Crippen molar-refractivity contribution in [2.75, 3.05) is 5.32 Å². The lowest BCUT2D eigenvalue weighted by atomic mass is 9.93. The average molecular weight is 239 g/mol. The molecule has 0 aliphatic rings. The fourth-order valence-electron chi connectivity index (χ4n) is 1.18. The zero-order valence-electron chi connectivity index (χ0n) is 11.3. The third-order valence-corrected chi connectivity index (χ3v) is 1.98. The minimum absolute atomic E-state index is 0.118. The molecule has 1 aromatic rings. The maximum atomic E-state index is 11.6. The zero-order valence-corrected chi connectivity index (χ0v) is 11.3. The van der Waals surface area contributed by atoms with Gasteiger partial charge in [-0.1, -0.05) is 25.9 Å². The molecule has 0 atom stereocenters. The molecular weight excluding hydrogens is 218 g/mol. The molecule has 0 saturated carbocycles. The molecule has 0 aliphatic heterocycles. The van der Waals surface area contributed by atoms with Crippen molar-refractivity contribution in [3.63, 3.8) is 0 Å². The molecule has 0 spiro atoms. The monoisotopic (exact) mass is 239 g/mol. The molecule has 2 amide bonds. The van der Waals surface area contributed by atoms with Gasteiger partial charge >= 0.3 is 6.03 Å². The van der Waals surface area contributed by atoms with Gasteiger partial charge in [0.05, 0.1) is 0 Å². The molecule has 0 radical (unpaired) electrons. The zero-order chi connectivity index (χ0) is 13.3. The number of nitrogens with zero attached hydrogens (tertiary/aromatic N) is 1. The Morgan fingerprint density at radius 2 is 1.82 bits per heavy atom. The first kappa shape index (κ1) is 13.5. The van der Waals surface area contributed by atoms with Crippen molar-refractivity contribution in [2.24, 2.45) is 0 Å². The van der Waals surface area contributed by atoms with E-state index >= 15 is 0 Å². The first-order valence-electron chi connectivity index (χ1n) is 5.64. The van der Waals surface area contributed by atoms with Gasteiger partial charge in [0.25, 0.3) is 0 Å². The topological polar surface area (TPSA) is 67.2 Å². The van der Waals surface area contributed by atoms with Crippen LogP contribution in [0.5, 0.6) is 0 Å². The summed E-state index contributed by atoms with van der Waals surface area (Å²) in [6, 6.07) is 1.45. The van der Waals surface area contributed by atoms with Gasteiger partial charge in [-0.05, 0) is 20.8 Å². The average Bonchev–Trinajstić information content (AvgIpc) is 2.47. The summed E-state index contributed by atoms with van der Waals surface area (Å²) in [6.07, 6.45) is 0. The van der Waals surface area contributed by atoms with Crippen molar-refractivity contribution in [2.45, 2.75) is 52.5 Å². The second kappa shape index (κ2) is 4.39. The molecule has 0 aliphatic carbocycles. The van der Waals surface area contributed by atoms with Gasteiger partial charge in [0.2, 0.25) is 0 Å². The number of hydrogen-bond acceptors (Lipinski definition) is 3. The SMILES string of the molecule is CC(C)(C)NC(=O)Nc1cc(C(C)(C)C)on1. The lowest BCUT2D eigenvalue weighted by Gasteiger charge is -2.20. The lowest BCUT2D eigenvalue weighted by Crippen LogP contribution is -2.43. The molecular formula is C12H21N3O2. The Bertz CT molecular complexity index is 397. The van der Waals surface area contributed by atoms with E-state index in [-0.39, 0.29) is 17.0 Å². The Hall–Kier alpha value is -1.52. The molecule has 96 valence electrons. The summed E-state index contributed by atoms with van der Waals surface area (Å²) in [7, 11) is 0.